The highest BCUT2D eigenvalue weighted by Gasteiger charge is 2.47. The van der Waals surface area contributed by atoms with Crippen LogP contribution in [0.15, 0.2) is 24.3 Å². The summed E-state index contributed by atoms with van der Waals surface area (Å²) < 4.78 is 5.48. The molecule has 0 saturated carbocycles. The number of hydrogen-bond donors (Lipinski definition) is 2. The first-order valence-electron chi connectivity index (χ1n) is 8.30. The van der Waals surface area contributed by atoms with Crippen molar-refractivity contribution in [3.63, 3.8) is 0 Å². The first kappa shape index (κ1) is 18.7. The average Bonchev–Trinajstić information content (AvgIpc) is 2.78. The van der Waals surface area contributed by atoms with Gasteiger partial charge < -0.3 is 15.2 Å². The average molecular weight is 345 g/mol. The maximum absolute atomic E-state index is 12.4. The summed E-state index contributed by atoms with van der Waals surface area (Å²) in [7, 11) is 0. The summed E-state index contributed by atoms with van der Waals surface area (Å²) in [6, 6.07) is 8.56. The van der Waals surface area contributed by atoms with E-state index >= 15 is 0 Å². The maximum atomic E-state index is 12.4. The highest BCUT2D eigenvalue weighted by Crippen LogP contribution is 2.22. The van der Waals surface area contributed by atoms with Crippen molar-refractivity contribution < 1.29 is 19.4 Å². The van der Waals surface area contributed by atoms with E-state index in [1.54, 1.807) is 31.2 Å². The largest absolute Gasteiger partial charge is 0.491 e. The topological polar surface area (TPSA) is 103 Å². The Balaban J connectivity index is 1.87. The second-order valence-corrected chi connectivity index (χ2v) is 6.37. The number of ether oxygens (including phenoxy) is 1. The number of amides is 3. The molecule has 3 amide bonds. The molecule has 1 aliphatic rings. The molecule has 0 bridgehead atoms. The van der Waals surface area contributed by atoms with Crippen LogP contribution in [0.4, 0.5) is 4.79 Å². The lowest BCUT2D eigenvalue weighted by molar-refractivity contribution is -0.132. The number of rotatable bonds is 8. The van der Waals surface area contributed by atoms with Crippen LogP contribution in [0.3, 0.4) is 0 Å². The van der Waals surface area contributed by atoms with Gasteiger partial charge in [0, 0.05) is 0 Å². The normalized spacial score (nSPS) is 21.0. The van der Waals surface area contributed by atoms with E-state index in [-0.39, 0.29) is 19.1 Å². The first-order valence-corrected chi connectivity index (χ1v) is 8.30. The van der Waals surface area contributed by atoms with Gasteiger partial charge in [0.25, 0.3) is 5.91 Å². The van der Waals surface area contributed by atoms with E-state index in [9.17, 15) is 14.7 Å². The number of aliphatic hydroxyl groups is 1. The second kappa shape index (κ2) is 7.99. The van der Waals surface area contributed by atoms with E-state index in [2.05, 4.69) is 11.4 Å². The third kappa shape index (κ3) is 4.48. The Morgan fingerprint density at radius 2 is 2.04 bits per heavy atom. The number of nitriles is 1. The van der Waals surface area contributed by atoms with Crippen molar-refractivity contribution >= 4 is 11.9 Å². The van der Waals surface area contributed by atoms with E-state index in [4.69, 9.17) is 10.00 Å². The van der Waals surface area contributed by atoms with Gasteiger partial charge in [-0.2, -0.15) is 5.26 Å². The van der Waals surface area contributed by atoms with Crippen molar-refractivity contribution in [1.29, 1.82) is 5.26 Å². The Bertz CT molecular complexity index is 668. The number of nitrogens with zero attached hydrogens (tertiary/aromatic N) is 2. The monoisotopic (exact) mass is 345 g/mol. The smallest absolute Gasteiger partial charge is 0.325 e. The van der Waals surface area contributed by atoms with Gasteiger partial charge in [0.05, 0.1) is 19.0 Å². The predicted molar refractivity (Wildman–Crippen MR) is 90.8 cm³/mol. The molecule has 7 heteroatoms. The Kier molecular flexibility index (Phi) is 5.99. The summed E-state index contributed by atoms with van der Waals surface area (Å²) in [5, 5.41) is 21.4. The summed E-state index contributed by atoms with van der Waals surface area (Å²) in [6.45, 7) is 3.48. The van der Waals surface area contributed by atoms with Gasteiger partial charge >= 0.3 is 6.03 Å². The van der Waals surface area contributed by atoms with E-state index in [0.717, 1.165) is 16.9 Å². The molecule has 1 saturated heterocycles. The van der Waals surface area contributed by atoms with E-state index in [0.29, 0.717) is 18.6 Å². The van der Waals surface area contributed by atoms with Crippen LogP contribution in [-0.2, 0) is 11.2 Å². The summed E-state index contributed by atoms with van der Waals surface area (Å²) >= 11 is 0. The van der Waals surface area contributed by atoms with Crippen LogP contribution in [-0.4, -0.2) is 46.7 Å². The van der Waals surface area contributed by atoms with Gasteiger partial charge in [0.1, 0.15) is 24.0 Å². The number of hydrogen-bond acceptors (Lipinski definition) is 5. The van der Waals surface area contributed by atoms with Crippen molar-refractivity contribution in [2.75, 3.05) is 13.2 Å². The number of benzene rings is 1. The molecule has 134 valence electrons. The molecule has 1 heterocycles. The molecule has 2 N–H and O–H groups in total. The van der Waals surface area contributed by atoms with Gasteiger partial charge in [-0.05, 0) is 31.0 Å². The van der Waals surface area contributed by atoms with Crippen LogP contribution < -0.4 is 10.1 Å². The number of β-amino-alcohol motifs (C(OH)–C–C–N with tert-alkyl or cyclic N) is 1. The van der Waals surface area contributed by atoms with Crippen LogP contribution in [0.1, 0.15) is 32.3 Å². The van der Waals surface area contributed by atoms with Crippen LogP contribution in [0.25, 0.3) is 0 Å². The number of carbonyl (C=O) groups excluding carboxylic acids is 2. The lowest BCUT2D eigenvalue weighted by Crippen LogP contribution is -2.44. The molecule has 25 heavy (non-hydrogen) atoms. The Morgan fingerprint density at radius 1 is 1.36 bits per heavy atom. The SMILES string of the molecule is CCC[C@@]1(C)NC(=O)N(C[C@@H](O)COc2ccc(CC#N)cc2)C1=O. The summed E-state index contributed by atoms with van der Waals surface area (Å²) in [5.41, 5.74) is -0.0202. The van der Waals surface area contributed by atoms with Gasteiger partial charge in [0.2, 0.25) is 0 Å². The number of aliphatic hydroxyl groups excluding tert-OH is 1. The fourth-order valence-electron chi connectivity index (χ4n) is 2.83. The summed E-state index contributed by atoms with van der Waals surface area (Å²) in [5.74, 6) is 0.230. The molecule has 1 aromatic rings. The lowest BCUT2D eigenvalue weighted by Gasteiger charge is -2.22. The highest BCUT2D eigenvalue weighted by molar-refractivity contribution is 6.06. The van der Waals surface area contributed by atoms with Gasteiger partial charge in [-0.25, -0.2) is 4.79 Å². The molecular formula is C18H23N3O4. The van der Waals surface area contributed by atoms with Crippen LogP contribution in [0, 0.1) is 11.3 Å². The van der Waals surface area contributed by atoms with Crippen LogP contribution in [0.2, 0.25) is 0 Å². The zero-order valence-electron chi connectivity index (χ0n) is 14.5. The quantitative estimate of drug-likeness (QED) is 0.697. The Labute approximate surface area is 147 Å². The minimum absolute atomic E-state index is 0.0425. The molecule has 0 unspecified atom stereocenters. The fourth-order valence-corrected chi connectivity index (χ4v) is 2.83. The van der Waals surface area contributed by atoms with Crippen molar-refractivity contribution in [3.8, 4) is 11.8 Å². The van der Waals surface area contributed by atoms with Crippen molar-refractivity contribution in [2.24, 2.45) is 0 Å². The molecular weight excluding hydrogens is 322 g/mol. The Morgan fingerprint density at radius 3 is 2.64 bits per heavy atom. The van der Waals surface area contributed by atoms with E-state index in [1.807, 2.05) is 6.92 Å². The van der Waals surface area contributed by atoms with Crippen molar-refractivity contribution in [2.45, 2.75) is 44.8 Å². The minimum atomic E-state index is -0.988. The summed E-state index contributed by atoms with van der Waals surface area (Å²) in [6.07, 6.45) is 0.656. The third-order valence-corrected chi connectivity index (χ3v) is 4.14. The molecule has 2 atom stereocenters. The third-order valence-electron chi connectivity index (χ3n) is 4.14. The van der Waals surface area contributed by atoms with Crippen molar-refractivity contribution in [1.82, 2.24) is 10.2 Å². The standard InChI is InChI=1S/C18H23N3O4/c1-3-9-18(2)16(23)21(17(24)20-18)11-14(22)12-25-15-6-4-13(5-7-15)8-10-19/h4-7,14,22H,3,8-9,11-12H2,1-2H3,(H,20,24)/t14-,18-/m1/s1. The molecule has 1 aromatic carbocycles. The maximum Gasteiger partial charge on any atom is 0.325 e. The molecule has 0 aromatic heterocycles. The highest BCUT2D eigenvalue weighted by atomic mass is 16.5. The molecule has 7 nitrogen and oxygen atoms in total. The van der Waals surface area contributed by atoms with E-state index in [1.165, 1.54) is 0 Å². The predicted octanol–water partition coefficient (Wildman–Crippen LogP) is 1.60. The number of carbonyl (C=O) groups is 2. The van der Waals surface area contributed by atoms with Gasteiger partial charge in [0.15, 0.2) is 0 Å². The molecule has 1 aliphatic heterocycles. The zero-order valence-corrected chi connectivity index (χ0v) is 14.5. The number of imide groups is 1. The first-order chi connectivity index (χ1) is 11.9. The van der Waals surface area contributed by atoms with Crippen molar-refractivity contribution in [3.05, 3.63) is 29.8 Å². The molecule has 2 rings (SSSR count). The zero-order chi connectivity index (χ0) is 18.4. The van der Waals surface area contributed by atoms with Crippen LogP contribution in [0.5, 0.6) is 5.75 Å². The van der Waals surface area contributed by atoms with E-state index < -0.39 is 17.7 Å². The molecule has 1 fully saturated rings. The van der Waals surface area contributed by atoms with Gasteiger partial charge in [-0.1, -0.05) is 25.5 Å². The molecule has 0 radical (unpaired) electrons. The van der Waals surface area contributed by atoms with Crippen LogP contribution >= 0.6 is 0 Å². The lowest BCUT2D eigenvalue weighted by atomic mass is 9.96. The second-order valence-electron chi connectivity index (χ2n) is 6.37. The molecule has 0 spiro atoms. The minimum Gasteiger partial charge on any atom is -0.491 e. The van der Waals surface area contributed by atoms with Gasteiger partial charge in [-0.15, -0.1) is 0 Å². The number of nitrogens with one attached hydrogen (secondary N) is 1. The Hall–Kier alpha value is -2.59. The van der Waals surface area contributed by atoms with Gasteiger partial charge in [-0.3, -0.25) is 9.69 Å². The molecule has 0 aliphatic carbocycles. The summed E-state index contributed by atoms with van der Waals surface area (Å²) in [4.78, 5) is 25.4. The fraction of sp³-hybridized carbons (Fsp3) is 0.500. The number of urea groups is 1.